The smallest absolute Gasteiger partial charge is 0.193 e. The Bertz CT molecular complexity index is 290. The van der Waals surface area contributed by atoms with E-state index in [1.54, 1.807) is 0 Å². The van der Waals surface area contributed by atoms with Crippen molar-refractivity contribution in [3.63, 3.8) is 0 Å². The quantitative estimate of drug-likeness (QED) is 0.398. The highest BCUT2D eigenvalue weighted by atomic mass is 127. The van der Waals surface area contributed by atoms with Crippen LogP contribution >= 0.6 is 24.0 Å². The lowest BCUT2D eigenvalue weighted by atomic mass is 9.97. The molecule has 5 heteroatoms. The maximum absolute atomic E-state index is 4.45. The molecule has 1 atom stereocenters. The average molecular weight is 410 g/mol. The minimum atomic E-state index is 0. The van der Waals surface area contributed by atoms with Gasteiger partial charge < -0.3 is 15.1 Å². The fourth-order valence-corrected chi connectivity index (χ4v) is 3.08. The summed E-state index contributed by atoms with van der Waals surface area (Å²) in [5.74, 6) is 2.73. The van der Waals surface area contributed by atoms with Gasteiger partial charge in [0, 0.05) is 33.2 Å². The molecule has 0 aromatic carbocycles. The molecule has 0 radical (unpaired) electrons. The number of guanidine groups is 1. The summed E-state index contributed by atoms with van der Waals surface area (Å²) in [4.78, 5) is 9.31. The molecule has 0 saturated carbocycles. The van der Waals surface area contributed by atoms with E-state index in [9.17, 15) is 0 Å². The molecule has 4 nitrogen and oxygen atoms in total. The van der Waals surface area contributed by atoms with Crippen molar-refractivity contribution in [2.75, 3.05) is 46.3 Å². The highest BCUT2D eigenvalue weighted by Crippen LogP contribution is 2.23. The van der Waals surface area contributed by atoms with E-state index >= 15 is 0 Å². The molecular formula is C16H35IN4. The molecule has 1 heterocycles. The number of hydrogen-bond acceptors (Lipinski definition) is 2. The van der Waals surface area contributed by atoms with Gasteiger partial charge >= 0.3 is 0 Å². The largest absolute Gasteiger partial charge is 0.355 e. The minimum absolute atomic E-state index is 0. The van der Waals surface area contributed by atoms with E-state index in [-0.39, 0.29) is 24.0 Å². The van der Waals surface area contributed by atoms with Gasteiger partial charge in [-0.05, 0) is 37.8 Å². The lowest BCUT2D eigenvalue weighted by molar-refractivity contribution is 0.306. The number of nitrogens with one attached hydrogen (secondary N) is 1. The summed E-state index contributed by atoms with van der Waals surface area (Å²) in [5.41, 5.74) is 0. The number of rotatable bonds is 7. The molecule has 1 aliphatic rings. The van der Waals surface area contributed by atoms with Gasteiger partial charge in [0.15, 0.2) is 5.96 Å². The minimum Gasteiger partial charge on any atom is -0.355 e. The van der Waals surface area contributed by atoms with Crippen LogP contribution in [0.25, 0.3) is 0 Å². The fourth-order valence-electron chi connectivity index (χ4n) is 3.08. The highest BCUT2D eigenvalue weighted by molar-refractivity contribution is 14.0. The fraction of sp³-hybridized carbons (Fsp3) is 0.938. The van der Waals surface area contributed by atoms with Gasteiger partial charge in [0.1, 0.15) is 0 Å². The van der Waals surface area contributed by atoms with Crippen LogP contribution in [0.3, 0.4) is 0 Å². The molecule has 0 aromatic rings. The van der Waals surface area contributed by atoms with Crippen molar-refractivity contribution in [1.29, 1.82) is 0 Å². The van der Waals surface area contributed by atoms with E-state index in [4.69, 9.17) is 0 Å². The molecule has 1 rings (SSSR count). The van der Waals surface area contributed by atoms with E-state index < -0.39 is 0 Å². The third-order valence-electron chi connectivity index (χ3n) is 4.21. The Morgan fingerprint density at radius 3 is 2.52 bits per heavy atom. The van der Waals surface area contributed by atoms with Crippen molar-refractivity contribution >= 4 is 29.9 Å². The summed E-state index contributed by atoms with van der Waals surface area (Å²) in [7, 11) is 1.90. The van der Waals surface area contributed by atoms with Crippen LogP contribution < -0.4 is 5.32 Å². The van der Waals surface area contributed by atoms with Crippen LogP contribution in [-0.4, -0.2) is 62.1 Å². The summed E-state index contributed by atoms with van der Waals surface area (Å²) in [6.07, 6.45) is 2.65. The molecule has 0 amide bonds. The Kier molecular flexibility index (Phi) is 11.5. The first kappa shape index (κ1) is 21.0. The van der Waals surface area contributed by atoms with Crippen molar-refractivity contribution in [2.24, 2.45) is 16.8 Å². The van der Waals surface area contributed by atoms with Crippen LogP contribution in [0.15, 0.2) is 4.99 Å². The van der Waals surface area contributed by atoms with Gasteiger partial charge in [-0.3, -0.25) is 4.99 Å². The number of halogens is 1. The molecule has 0 aliphatic carbocycles. The molecular weight excluding hydrogens is 375 g/mol. The predicted octanol–water partition coefficient (Wildman–Crippen LogP) is 2.89. The molecule has 0 bridgehead atoms. The zero-order valence-corrected chi connectivity index (χ0v) is 16.9. The molecule has 1 fully saturated rings. The first-order valence-corrected chi connectivity index (χ1v) is 8.28. The molecule has 1 aliphatic heterocycles. The number of nitrogens with zero attached hydrogens (tertiary/aromatic N) is 3. The highest BCUT2D eigenvalue weighted by Gasteiger charge is 2.25. The van der Waals surface area contributed by atoms with Crippen molar-refractivity contribution in [3.05, 3.63) is 0 Å². The van der Waals surface area contributed by atoms with Gasteiger partial charge in [0.2, 0.25) is 0 Å². The van der Waals surface area contributed by atoms with Gasteiger partial charge in [-0.2, -0.15) is 0 Å². The van der Waals surface area contributed by atoms with Crippen LogP contribution in [-0.2, 0) is 0 Å². The Hall–Kier alpha value is -0.0400. The van der Waals surface area contributed by atoms with Gasteiger partial charge in [0.25, 0.3) is 0 Å². The van der Waals surface area contributed by atoms with E-state index in [1.807, 2.05) is 7.05 Å². The second kappa shape index (κ2) is 11.5. The third-order valence-corrected chi connectivity index (χ3v) is 4.21. The van der Waals surface area contributed by atoms with Gasteiger partial charge in [-0.15, -0.1) is 24.0 Å². The van der Waals surface area contributed by atoms with Crippen molar-refractivity contribution < 1.29 is 0 Å². The zero-order valence-electron chi connectivity index (χ0n) is 14.6. The van der Waals surface area contributed by atoms with Crippen LogP contribution in [0.4, 0.5) is 0 Å². The van der Waals surface area contributed by atoms with Crippen molar-refractivity contribution in [1.82, 2.24) is 15.1 Å². The lowest BCUT2D eigenvalue weighted by Crippen LogP contribution is -2.43. The molecule has 1 N–H and O–H groups in total. The standard InChI is InChI=1S/C16H34N4.HI/c1-6-19(7-2)11-9-18-16(17-5)20-10-8-15(13-20)12-14(3)4;/h14-15H,6-13H2,1-5H3,(H,17,18);1H. The van der Waals surface area contributed by atoms with Crippen LogP contribution in [0.1, 0.15) is 40.5 Å². The summed E-state index contributed by atoms with van der Waals surface area (Å²) >= 11 is 0. The second-order valence-corrected chi connectivity index (χ2v) is 6.23. The Labute approximate surface area is 148 Å². The van der Waals surface area contributed by atoms with Crippen molar-refractivity contribution in [2.45, 2.75) is 40.5 Å². The van der Waals surface area contributed by atoms with E-state index in [1.165, 1.54) is 19.4 Å². The summed E-state index contributed by atoms with van der Waals surface area (Å²) in [6, 6.07) is 0. The number of aliphatic imine (C=N–C) groups is 1. The summed E-state index contributed by atoms with van der Waals surface area (Å²) < 4.78 is 0. The van der Waals surface area contributed by atoms with Crippen LogP contribution in [0.2, 0.25) is 0 Å². The first-order chi connectivity index (χ1) is 9.60. The van der Waals surface area contributed by atoms with Crippen LogP contribution in [0.5, 0.6) is 0 Å². The Balaban J connectivity index is 0.00000400. The van der Waals surface area contributed by atoms with Gasteiger partial charge in [-0.25, -0.2) is 0 Å². The summed E-state index contributed by atoms with van der Waals surface area (Å²) in [5, 5.41) is 3.52. The molecule has 0 spiro atoms. The molecule has 0 aromatic heterocycles. The average Bonchev–Trinajstić information content (AvgIpc) is 2.86. The molecule has 1 saturated heterocycles. The van der Waals surface area contributed by atoms with E-state index in [2.05, 4.69) is 47.8 Å². The van der Waals surface area contributed by atoms with Crippen molar-refractivity contribution in [3.8, 4) is 0 Å². The van der Waals surface area contributed by atoms with Crippen LogP contribution in [0, 0.1) is 11.8 Å². The van der Waals surface area contributed by atoms with E-state index in [0.717, 1.165) is 50.5 Å². The number of likely N-dealkylation sites (N-methyl/N-ethyl adjacent to an activating group) is 1. The predicted molar refractivity (Wildman–Crippen MR) is 104 cm³/mol. The SMILES string of the molecule is CCN(CC)CCNC(=NC)N1CCC(CC(C)C)C1.I. The lowest BCUT2D eigenvalue weighted by Gasteiger charge is -2.24. The number of likely N-dealkylation sites (tertiary alicyclic amines) is 1. The Morgan fingerprint density at radius 2 is 2.00 bits per heavy atom. The third kappa shape index (κ3) is 7.68. The Morgan fingerprint density at radius 1 is 1.33 bits per heavy atom. The van der Waals surface area contributed by atoms with E-state index in [0.29, 0.717) is 0 Å². The molecule has 1 unspecified atom stereocenters. The zero-order chi connectivity index (χ0) is 15.0. The normalized spacial score (nSPS) is 19.3. The second-order valence-electron chi connectivity index (χ2n) is 6.23. The van der Waals surface area contributed by atoms with Gasteiger partial charge in [-0.1, -0.05) is 27.7 Å². The molecule has 126 valence electrons. The van der Waals surface area contributed by atoms with Gasteiger partial charge in [0.05, 0.1) is 0 Å². The maximum Gasteiger partial charge on any atom is 0.193 e. The maximum atomic E-state index is 4.45. The number of hydrogen-bond donors (Lipinski definition) is 1. The summed E-state index contributed by atoms with van der Waals surface area (Å²) in [6.45, 7) is 15.7. The first-order valence-electron chi connectivity index (χ1n) is 8.28. The molecule has 21 heavy (non-hydrogen) atoms. The monoisotopic (exact) mass is 410 g/mol. The topological polar surface area (TPSA) is 30.9 Å².